The number of hydrogen-bond donors (Lipinski definition) is 1. The van der Waals surface area contributed by atoms with Gasteiger partial charge in [-0.3, -0.25) is 0 Å². The molecule has 96 valence electrons. The summed E-state index contributed by atoms with van der Waals surface area (Å²) >= 11 is 7.33. The zero-order valence-corrected chi connectivity index (χ0v) is 11.5. The first kappa shape index (κ1) is 13.0. The van der Waals surface area contributed by atoms with E-state index in [4.69, 9.17) is 16.3 Å². The summed E-state index contributed by atoms with van der Waals surface area (Å²) < 4.78 is 5.37. The van der Waals surface area contributed by atoms with Gasteiger partial charge in [0, 0.05) is 5.38 Å². The Labute approximate surface area is 113 Å². The minimum absolute atomic E-state index is 0.0187. The van der Waals surface area contributed by atoms with E-state index < -0.39 is 0 Å². The maximum absolute atomic E-state index is 5.80. The first-order valence-corrected chi connectivity index (χ1v) is 6.64. The minimum atomic E-state index is -0.0187. The topological polar surface area (TPSA) is 72.8 Å². The van der Waals surface area contributed by atoms with E-state index >= 15 is 0 Å². The lowest BCUT2D eigenvalue weighted by Crippen LogP contribution is -2.11. The third-order valence-electron chi connectivity index (χ3n) is 1.84. The zero-order chi connectivity index (χ0) is 13.0. The van der Waals surface area contributed by atoms with E-state index in [0.717, 1.165) is 5.69 Å². The van der Waals surface area contributed by atoms with Crippen LogP contribution in [-0.4, -0.2) is 26.0 Å². The number of ether oxygens (including phenoxy) is 1. The Morgan fingerprint density at radius 2 is 2.22 bits per heavy atom. The van der Waals surface area contributed by atoms with Crippen molar-refractivity contribution in [3.8, 4) is 6.01 Å². The van der Waals surface area contributed by atoms with Crippen molar-refractivity contribution in [2.45, 2.75) is 26.5 Å². The van der Waals surface area contributed by atoms with Gasteiger partial charge >= 0.3 is 6.01 Å². The molecule has 2 rings (SSSR count). The summed E-state index contributed by atoms with van der Waals surface area (Å²) in [6.45, 7) is 4.31. The Balaban J connectivity index is 2.05. The Hall–Kier alpha value is -1.47. The molecule has 0 radical (unpaired) electrons. The molecule has 0 spiro atoms. The molecule has 0 aliphatic carbocycles. The van der Waals surface area contributed by atoms with E-state index in [1.54, 1.807) is 5.51 Å². The lowest BCUT2D eigenvalue weighted by Gasteiger charge is -2.09. The van der Waals surface area contributed by atoms with Crippen molar-refractivity contribution >= 4 is 28.9 Å². The number of rotatable bonds is 5. The van der Waals surface area contributed by atoms with E-state index in [0.29, 0.717) is 12.5 Å². The maximum Gasteiger partial charge on any atom is 0.322 e. The summed E-state index contributed by atoms with van der Waals surface area (Å²) in [5, 5.41) is 5.06. The van der Waals surface area contributed by atoms with Crippen LogP contribution in [0.2, 0.25) is 5.28 Å². The first-order chi connectivity index (χ1) is 8.63. The van der Waals surface area contributed by atoms with Crippen LogP contribution < -0.4 is 10.1 Å². The molecule has 2 aromatic rings. The highest BCUT2D eigenvalue weighted by Crippen LogP contribution is 2.13. The molecule has 0 fully saturated rings. The van der Waals surface area contributed by atoms with Crippen molar-refractivity contribution in [3.05, 3.63) is 21.9 Å². The van der Waals surface area contributed by atoms with Crippen molar-refractivity contribution in [1.82, 2.24) is 19.9 Å². The second kappa shape index (κ2) is 5.92. The number of thiazole rings is 1. The Kier molecular flexibility index (Phi) is 4.27. The van der Waals surface area contributed by atoms with Gasteiger partial charge in [0.15, 0.2) is 0 Å². The van der Waals surface area contributed by atoms with E-state index in [1.165, 1.54) is 11.3 Å². The molecule has 18 heavy (non-hydrogen) atoms. The fraction of sp³-hybridized carbons (Fsp3) is 0.400. The van der Waals surface area contributed by atoms with Crippen LogP contribution in [0.1, 0.15) is 19.5 Å². The third-order valence-corrected chi connectivity index (χ3v) is 2.64. The fourth-order valence-electron chi connectivity index (χ4n) is 1.17. The van der Waals surface area contributed by atoms with Crippen LogP contribution in [0.15, 0.2) is 10.9 Å². The van der Waals surface area contributed by atoms with Gasteiger partial charge in [-0.1, -0.05) is 0 Å². The molecule has 2 heterocycles. The van der Waals surface area contributed by atoms with Crippen molar-refractivity contribution in [2.75, 3.05) is 5.32 Å². The van der Waals surface area contributed by atoms with Gasteiger partial charge in [-0.15, -0.1) is 11.3 Å². The summed E-state index contributed by atoms with van der Waals surface area (Å²) in [6, 6.07) is 0.214. The molecule has 1 N–H and O–H groups in total. The third kappa shape index (κ3) is 3.78. The molecule has 0 bridgehead atoms. The number of nitrogens with zero attached hydrogens (tertiary/aromatic N) is 4. The lowest BCUT2D eigenvalue weighted by atomic mass is 10.5. The summed E-state index contributed by atoms with van der Waals surface area (Å²) in [6.07, 6.45) is -0.0187. The number of aromatic nitrogens is 4. The standard InChI is InChI=1S/C10H12ClN5OS/c1-6(2)17-10-15-8(11)14-9(16-10)12-3-7-4-18-5-13-7/h4-6H,3H2,1-2H3,(H,12,14,15,16). The van der Waals surface area contributed by atoms with Crippen molar-refractivity contribution < 1.29 is 4.74 Å². The zero-order valence-electron chi connectivity index (χ0n) is 9.92. The molecule has 0 aromatic carbocycles. The van der Waals surface area contributed by atoms with Gasteiger partial charge in [0.2, 0.25) is 11.2 Å². The molecular weight excluding hydrogens is 274 g/mol. The molecule has 0 amide bonds. The second-order valence-corrected chi connectivity index (χ2v) is 4.77. The van der Waals surface area contributed by atoms with Gasteiger partial charge in [0.25, 0.3) is 0 Å². The summed E-state index contributed by atoms with van der Waals surface area (Å²) in [5.74, 6) is 0.374. The van der Waals surface area contributed by atoms with Crippen molar-refractivity contribution in [3.63, 3.8) is 0 Å². The van der Waals surface area contributed by atoms with Gasteiger partial charge in [0.1, 0.15) is 0 Å². The molecule has 0 atom stereocenters. The molecule has 0 aliphatic heterocycles. The normalized spacial score (nSPS) is 10.7. The van der Waals surface area contributed by atoms with Crippen LogP contribution in [0.4, 0.5) is 5.95 Å². The van der Waals surface area contributed by atoms with E-state index in [1.807, 2.05) is 19.2 Å². The number of halogens is 1. The Morgan fingerprint density at radius 1 is 1.39 bits per heavy atom. The highest BCUT2D eigenvalue weighted by Gasteiger charge is 2.07. The maximum atomic E-state index is 5.80. The monoisotopic (exact) mass is 285 g/mol. The smallest absolute Gasteiger partial charge is 0.322 e. The molecule has 0 saturated carbocycles. The lowest BCUT2D eigenvalue weighted by molar-refractivity contribution is 0.222. The van der Waals surface area contributed by atoms with Gasteiger partial charge in [0.05, 0.1) is 23.9 Å². The molecular formula is C10H12ClN5OS. The van der Waals surface area contributed by atoms with Crippen LogP contribution in [0.25, 0.3) is 0 Å². The van der Waals surface area contributed by atoms with Crippen LogP contribution in [0.5, 0.6) is 6.01 Å². The quantitative estimate of drug-likeness (QED) is 0.909. The Bertz CT molecular complexity index is 505. The van der Waals surface area contributed by atoms with Crippen LogP contribution in [-0.2, 0) is 6.54 Å². The molecule has 0 unspecified atom stereocenters. The van der Waals surface area contributed by atoms with Gasteiger partial charge in [-0.25, -0.2) is 4.98 Å². The highest BCUT2D eigenvalue weighted by atomic mass is 35.5. The molecule has 8 heteroatoms. The predicted octanol–water partition coefficient (Wildman–Crippen LogP) is 2.38. The predicted molar refractivity (Wildman–Crippen MR) is 70.0 cm³/mol. The summed E-state index contributed by atoms with van der Waals surface area (Å²) in [4.78, 5) is 16.1. The van der Waals surface area contributed by atoms with Crippen molar-refractivity contribution in [2.24, 2.45) is 0 Å². The average molecular weight is 286 g/mol. The van der Waals surface area contributed by atoms with Gasteiger partial charge in [-0.2, -0.15) is 15.0 Å². The molecule has 2 aromatic heterocycles. The van der Waals surface area contributed by atoms with E-state index in [9.17, 15) is 0 Å². The van der Waals surface area contributed by atoms with Crippen molar-refractivity contribution in [1.29, 1.82) is 0 Å². The molecule has 6 nitrogen and oxygen atoms in total. The van der Waals surface area contributed by atoms with Gasteiger partial charge in [-0.05, 0) is 25.4 Å². The second-order valence-electron chi connectivity index (χ2n) is 3.71. The van der Waals surface area contributed by atoms with E-state index in [-0.39, 0.29) is 17.4 Å². The fourth-order valence-corrected chi connectivity index (χ4v) is 1.88. The van der Waals surface area contributed by atoms with Crippen LogP contribution >= 0.6 is 22.9 Å². The number of anilines is 1. The average Bonchev–Trinajstić information content (AvgIpc) is 2.77. The first-order valence-electron chi connectivity index (χ1n) is 5.32. The molecule has 0 aliphatic rings. The van der Waals surface area contributed by atoms with Crippen LogP contribution in [0, 0.1) is 0 Å². The summed E-state index contributed by atoms with van der Waals surface area (Å²) in [7, 11) is 0. The van der Waals surface area contributed by atoms with Crippen LogP contribution in [0.3, 0.4) is 0 Å². The largest absolute Gasteiger partial charge is 0.461 e. The van der Waals surface area contributed by atoms with E-state index in [2.05, 4.69) is 25.3 Å². The Morgan fingerprint density at radius 3 is 2.89 bits per heavy atom. The SMILES string of the molecule is CC(C)Oc1nc(Cl)nc(NCc2cscn2)n1. The minimum Gasteiger partial charge on any atom is -0.461 e. The highest BCUT2D eigenvalue weighted by molar-refractivity contribution is 7.07. The number of nitrogens with one attached hydrogen (secondary N) is 1. The molecule has 0 saturated heterocycles. The van der Waals surface area contributed by atoms with Gasteiger partial charge < -0.3 is 10.1 Å². The number of hydrogen-bond acceptors (Lipinski definition) is 7. The summed E-state index contributed by atoms with van der Waals surface area (Å²) in [5.41, 5.74) is 2.69.